The third-order valence-electron chi connectivity index (χ3n) is 3.55. The number of aromatic carboxylic acids is 1. The van der Waals surface area contributed by atoms with Crippen molar-refractivity contribution in [3.63, 3.8) is 0 Å². The van der Waals surface area contributed by atoms with Crippen LogP contribution < -0.4 is 0 Å². The van der Waals surface area contributed by atoms with Gasteiger partial charge in [0.2, 0.25) is 0 Å². The normalized spacial score (nSPS) is 23.8. The summed E-state index contributed by atoms with van der Waals surface area (Å²) in [5, 5.41) is 8.92. The summed E-state index contributed by atoms with van der Waals surface area (Å²) in [5.41, 5.74) is 1.27. The fourth-order valence-corrected chi connectivity index (χ4v) is 2.54. The van der Waals surface area contributed by atoms with Crippen LogP contribution in [0.2, 0.25) is 0 Å². The van der Waals surface area contributed by atoms with Crippen LogP contribution in [0.4, 0.5) is 0 Å². The van der Waals surface area contributed by atoms with E-state index in [0.29, 0.717) is 18.3 Å². The number of benzene rings is 1. The number of carbonyl (C=O) groups is 1. The van der Waals surface area contributed by atoms with Crippen LogP contribution in [0.25, 0.3) is 0 Å². The number of hydrogen-bond acceptors (Lipinski definition) is 2. The van der Waals surface area contributed by atoms with E-state index in [1.807, 2.05) is 6.07 Å². The van der Waals surface area contributed by atoms with Gasteiger partial charge in [0.05, 0.1) is 18.3 Å². The van der Waals surface area contributed by atoms with E-state index in [1.165, 1.54) is 12.8 Å². The van der Waals surface area contributed by atoms with E-state index in [9.17, 15) is 4.79 Å². The number of carboxylic acids is 1. The molecule has 1 aliphatic rings. The van der Waals surface area contributed by atoms with Gasteiger partial charge >= 0.3 is 5.97 Å². The summed E-state index contributed by atoms with van der Waals surface area (Å²) >= 11 is 0. The SMILES string of the molecule is CC1CCCC(OCc2cccc(C(=O)O)c2)C1. The van der Waals surface area contributed by atoms with E-state index in [-0.39, 0.29) is 0 Å². The molecule has 0 aliphatic heterocycles. The van der Waals surface area contributed by atoms with Crippen LogP contribution in [0, 0.1) is 5.92 Å². The minimum atomic E-state index is -0.886. The number of carboxylic acid groups (broad SMARTS) is 1. The molecule has 0 heterocycles. The molecule has 1 aromatic carbocycles. The molecule has 1 saturated carbocycles. The lowest BCUT2D eigenvalue weighted by Crippen LogP contribution is -2.21. The van der Waals surface area contributed by atoms with Crippen LogP contribution in [-0.4, -0.2) is 17.2 Å². The molecule has 0 amide bonds. The highest BCUT2D eigenvalue weighted by atomic mass is 16.5. The van der Waals surface area contributed by atoms with Gasteiger partial charge in [-0.2, -0.15) is 0 Å². The Morgan fingerprint density at radius 3 is 3.00 bits per heavy atom. The van der Waals surface area contributed by atoms with Crippen molar-refractivity contribution in [3.05, 3.63) is 35.4 Å². The van der Waals surface area contributed by atoms with Gasteiger partial charge in [0, 0.05) is 0 Å². The van der Waals surface area contributed by atoms with Crippen LogP contribution in [0.1, 0.15) is 48.5 Å². The zero-order valence-electron chi connectivity index (χ0n) is 10.8. The standard InChI is InChI=1S/C15H20O3/c1-11-4-2-7-14(8-11)18-10-12-5-3-6-13(9-12)15(16)17/h3,5-6,9,11,14H,2,4,7-8,10H2,1H3,(H,16,17). The van der Waals surface area contributed by atoms with E-state index < -0.39 is 5.97 Å². The molecule has 2 unspecified atom stereocenters. The van der Waals surface area contributed by atoms with E-state index >= 15 is 0 Å². The highest BCUT2D eigenvalue weighted by Crippen LogP contribution is 2.26. The van der Waals surface area contributed by atoms with Crippen molar-refractivity contribution in [2.75, 3.05) is 0 Å². The van der Waals surface area contributed by atoms with Crippen molar-refractivity contribution in [1.82, 2.24) is 0 Å². The lowest BCUT2D eigenvalue weighted by molar-refractivity contribution is 0.00465. The summed E-state index contributed by atoms with van der Waals surface area (Å²) in [6.07, 6.45) is 5.12. The Morgan fingerprint density at radius 2 is 2.28 bits per heavy atom. The maximum absolute atomic E-state index is 10.9. The summed E-state index contributed by atoms with van der Waals surface area (Å²) in [5.74, 6) is -0.141. The molecular weight excluding hydrogens is 228 g/mol. The maximum Gasteiger partial charge on any atom is 0.335 e. The van der Waals surface area contributed by atoms with E-state index in [2.05, 4.69) is 6.92 Å². The third-order valence-corrected chi connectivity index (χ3v) is 3.55. The topological polar surface area (TPSA) is 46.5 Å². The van der Waals surface area contributed by atoms with Gasteiger partial charge in [-0.05, 0) is 36.5 Å². The highest BCUT2D eigenvalue weighted by Gasteiger charge is 2.19. The van der Waals surface area contributed by atoms with Gasteiger partial charge in [0.15, 0.2) is 0 Å². The second kappa shape index (κ2) is 6.01. The first-order valence-corrected chi connectivity index (χ1v) is 6.59. The zero-order chi connectivity index (χ0) is 13.0. The summed E-state index contributed by atoms with van der Waals surface area (Å²) in [4.78, 5) is 10.9. The van der Waals surface area contributed by atoms with Crippen molar-refractivity contribution in [2.24, 2.45) is 5.92 Å². The molecule has 0 saturated heterocycles. The largest absolute Gasteiger partial charge is 0.478 e. The molecule has 1 N–H and O–H groups in total. The Bertz CT molecular complexity index is 414. The second-order valence-electron chi connectivity index (χ2n) is 5.21. The van der Waals surface area contributed by atoms with E-state index in [0.717, 1.165) is 24.3 Å². The summed E-state index contributed by atoms with van der Waals surface area (Å²) in [6, 6.07) is 6.98. The van der Waals surface area contributed by atoms with E-state index in [1.54, 1.807) is 18.2 Å². The minimum Gasteiger partial charge on any atom is -0.478 e. The average Bonchev–Trinajstić information content (AvgIpc) is 2.37. The van der Waals surface area contributed by atoms with Gasteiger partial charge in [0.25, 0.3) is 0 Å². The monoisotopic (exact) mass is 248 g/mol. The average molecular weight is 248 g/mol. The molecule has 0 radical (unpaired) electrons. The Hall–Kier alpha value is -1.35. The van der Waals surface area contributed by atoms with Gasteiger partial charge < -0.3 is 9.84 Å². The van der Waals surface area contributed by atoms with Gasteiger partial charge in [0.1, 0.15) is 0 Å². The molecule has 0 spiro atoms. The Kier molecular flexibility index (Phi) is 4.37. The molecule has 1 aliphatic carbocycles. The van der Waals surface area contributed by atoms with Crippen LogP contribution in [0.5, 0.6) is 0 Å². The lowest BCUT2D eigenvalue weighted by Gasteiger charge is -2.26. The highest BCUT2D eigenvalue weighted by molar-refractivity contribution is 5.87. The second-order valence-corrected chi connectivity index (χ2v) is 5.21. The van der Waals surface area contributed by atoms with E-state index in [4.69, 9.17) is 9.84 Å². The number of rotatable bonds is 4. The molecule has 3 nitrogen and oxygen atoms in total. The molecule has 1 fully saturated rings. The number of hydrogen-bond donors (Lipinski definition) is 1. The Balaban J connectivity index is 1.89. The van der Waals surface area contributed by atoms with Crippen molar-refractivity contribution in [3.8, 4) is 0 Å². The molecule has 3 heteroatoms. The summed E-state index contributed by atoms with van der Waals surface area (Å²) in [7, 11) is 0. The molecule has 0 aromatic heterocycles. The summed E-state index contributed by atoms with van der Waals surface area (Å²) < 4.78 is 5.88. The van der Waals surface area contributed by atoms with Crippen LogP contribution in [0.3, 0.4) is 0 Å². The fourth-order valence-electron chi connectivity index (χ4n) is 2.54. The molecule has 0 bridgehead atoms. The van der Waals surface area contributed by atoms with Gasteiger partial charge in [-0.15, -0.1) is 0 Å². The smallest absolute Gasteiger partial charge is 0.335 e. The number of ether oxygens (including phenoxy) is 1. The third kappa shape index (κ3) is 3.57. The first-order valence-electron chi connectivity index (χ1n) is 6.59. The maximum atomic E-state index is 10.9. The molecule has 2 atom stereocenters. The molecule has 18 heavy (non-hydrogen) atoms. The predicted octanol–water partition coefficient (Wildman–Crippen LogP) is 3.48. The zero-order valence-corrected chi connectivity index (χ0v) is 10.8. The van der Waals surface area contributed by atoms with Crippen molar-refractivity contribution in [2.45, 2.75) is 45.3 Å². The van der Waals surface area contributed by atoms with Gasteiger partial charge in [-0.25, -0.2) is 4.79 Å². The van der Waals surface area contributed by atoms with Crippen LogP contribution >= 0.6 is 0 Å². The van der Waals surface area contributed by atoms with Crippen molar-refractivity contribution < 1.29 is 14.6 Å². The van der Waals surface area contributed by atoms with Crippen molar-refractivity contribution in [1.29, 1.82) is 0 Å². The van der Waals surface area contributed by atoms with Crippen LogP contribution in [0.15, 0.2) is 24.3 Å². The predicted molar refractivity (Wildman–Crippen MR) is 69.6 cm³/mol. The lowest BCUT2D eigenvalue weighted by atomic mass is 9.89. The quantitative estimate of drug-likeness (QED) is 0.887. The molecular formula is C15H20O3. The Morgan fingerprint density at radius 1 is 1.44 bits per heavy atom. The van der Waals surface area contributed by atoms with Crippen LogP contribution in [-0.2, 0) is 11.3 Å². The van der Waals surface area contributed by atoms with Gasteiger partial charge in [-0.1, -0.05) is 31.9 Å². The minimum absolute atomic E-state index is 0.327. The molecule has 98 valence electrons. The Labute approximate surface area is 108 Å². The van der Waals surface area contributed by atoms with Crippen molar-refractivity contribution >= 4 is 5.97 Å². The first-order chi connectivity index (χ1) is 8.65. The first kappa shape index (κ1) is 13.1. The molecule has 1 aromatic rings. The summed E-state index contributed by atoms with van der Waals surface area (Å²) in [6.45, 7) is 2.78. The fraction of sp³-hybridized carbons (Fsp3) is 0.533. The van der Waals surface area contributed by atoms with Gasteiger partial charge in [-0.3, -0.25) is 0 Å². The molecule has 2 rings (SSSR count).